The first kappa shape index (κ1) is 11.1. The van der Waals surface area contributed by atoms with E-state index in [0.717, 1.165) is 6.42 Å². The number of aryl methyl sites for hydroxylation is 1. The van der Waals surface area contributed by atoms with E-state index in [2.05, 4.69) is 5.32 Å². The van der Waals surface area contributed by atoms with Crippen molar-refractivity contribution in [3.05, 3.63) is 35.4 Å². The predicted octanol–water partition coefficient (Wildman–Crippen LogP) is 2.39. The van der Waals surface area contributed by atoms with Crippen molar-refractivity contribution in [2.24, 2.45) is 0 Å². The number of rotatable bonds is 5. The molecule has 0 aliphatic carbocycles. The van der Waals surface area contributed by atoms with Crippen LogP contribution in [-0.2, 0) is 6.42 Å². The van der Waals surface area contributed by atoms with Gasteiger partial charge in [0, 0.05) is 0 Å². The minimum atomic E-state index is -2.26. The number of nitrogens with one attached hydrogen (secondary N) is 1. The molecule has 1 aromatic carbocycles. The zero-order valence-corrected chi connectivity index (χ0v) is 8.26. The third-order valence-electron chi connectivity index (χ3n) is 2.13. The van der Waals surface area contributed by atoms with Gasteiger partial charge in [-0.1, -0.05) is 24.3 Å². The summed E-state index contributed by atoms with van der Waals surface area (Å²) < 4.78 is 23.6. The van der Waals surface area contributed by atoms with Gasteiger partial charge in [0.1, 0.15) is 0 Å². The summed E-state index contributed by atoms with van der Waals surface area (Å²) in [5.74, 6) is 0. The van der Waals surface area contributed by atoms with Gasteiger partial charge in [-0.15, -0.1) is 0 Å². The molecule has 0 saturated carbocycles. The Morgan fingerprint density at radius 1 is 1.29 bits per heavy atom. The van der Waals surface area contributed by atoms with Crippen molar-refractivity contribution in [2.75, 3.05) is 13.1 Å². The van der Waals surface area contributed by atoms with Gasteiger partial charge in [0.2, 0.25) is 0 Å². The van der Waals surface area contributed by atoms with Crippen molar-refractivity contribution in [3.8, 4) is 0 Å². The molecule has 0 heterocycles. The lowest BCUT2D eigenvalue weighted by atomic mass is 10.1. The quantitative estimate of drug-likeness (QED) is 0.718. The predicted molar refractivity (Wildman–Crippen MR) is 53.8 cm³/mol. The molecule has 0 saturated heterocycles. The van der Waals surface area contributed by atoms with E-state index in [-0.39, 0.29) is 6.54 Å². The van der Waals surface area contributed by atoms with E-state index in [1.165, 1.54) is 11.1 Å². The highest BCUT2D eigenvalue weighted by Gasteiger charge is 2.01. The van der Waals surface area contributed by atoms with Crippen LogP contribution < -0.4 is 5.32 Å². The van der Waals surface area contributed by atoms with E-state index < -0.39 is 6.43 Å². The van der Waals surface area contributed by atoms with Crippen LogP contribution in [0.25, 0.3) is 0 Å². The Morgan fingerprint density at radius 2 is 2.00 bits per heavy atom. The maximum absolute atomic E-state index is 11.8. The van der Waals surface area contributed by atoms with Crippen LogP contribution in [0.2, 0.25) is 0 Å². The minimum absolute atomic E-state index is 0.216. The second kappa shape index (κ2) is 5.70. The molecule has 0 spiro atoms. The maximum atomic E-state index is 11.8. The van der Waals surface area contributed by atoms with Gasteiger partial charge in [0.05, 0.1) is 6.54 Å². The smallest absolute Gasteiger partial charge is 0.250 e. The van der Waals surface area contributed by atoms with Gasteiger partial charge in [-0.05, 0) is 31.0 Å². The molecule has 0 unspecified atom stereocenters. The maximum Gasteiger partial charge on any atom is 0.250 e. The molecule has 1 rings (SSSR count). The third-order valence-corrected chi connectivity index (χ3v) is 2.13. The van der Waals surface area contributed by atoms with Gasteiger partial charge >= 0.3 is 0 Å². The van der Waals surface area contributed by atoms with Gasteiger partial charge in [0.25, 0.3) is 6.43 Å². The molecule has 0 aliphatic heterocycles. The van der Waals surface area contributed by atoms with E-state index in [9.17, 15) is 8.78 Å². The fraction of sp³-hybridized carbons (Fsp3) is 0.455. The summed E-state index contributed by atoms with van der Waals surface area (Å²) in [5.41, 5.74) is 2.43. The van der Waals surface area contributed by atoms with Crippen molar-refractivity contribution >= 4 is 0 Å². The SMILES string of the molecule is Cc1ccccc1CCNCC(F)F. The number of benzene rings is 1. The van der Waals surface area contributed by atoms with E-state index in [0.29, 0.717) is 6.54 Å². The second-order valence-electron chi connectivity index (χ2n) is 3.27. The first-order valence-electron chi connectivity index (χ1n) is 4.73. The van der Waals surface area contributed by atoms with Crippen LogP contribution in [-0.4, -0.2) is 19.5 Å². The first-order chi connectivity index (χ1) is 6.70. The van der Waals surface area contributed by atoms with E-state index in [1.807, 2.05) is 31.2 Å². The Morgan fingerprint density at radius 3 is 2.64 bits per heavy atom. The lowest BCUT2D eigenvalue weighted by Crippen LogP contribution is -2.23. The number of halogens is 2. The van der Waals surface area contributed by atoms with Gasteiger partial charge in [-0.25, -0.2) is 8.78 Å². The summed E-state index contributed by atoms with van der Waals surface area (Å²) in [6, 6.07) is 8.00. The summed E-state index contributed by atoms with van der Waals surface area (Å²) in [7, 11) is 0. The largest absolute Gasteiger partial charge is 0.311 e. The molecule has 3 heteroatoms. The third kappa shape index (κ3) is 3.83. The molecule has 0 aromatic heterocycles. The minimum Gasteiger partial charge on any atom is -0.311 e. The summed E-state index contributed by atoms with van der Waals surface area (Å²) in [4.78, 5) is 0. The molecule has 1 aromatic rings. The second-order valence-corrected chi connectivity index (χ2v) is 3.27. The van der Waals surface area contributed by atoms with E-state index >= 15 is 0 Å². The zero-order valence-electron chi connectivity index (χ0n) is 8.26. The Bertz CT molecular complexity index is 274. The molecule has 0 aliphatic rings. The van der Waals surface area contributed by atoms with Gasteiger partial charge < -0.3 is 5.32 Å². The molecule has 1 N–H and O–H groups in total. The highest BCUT2D eigenvalue weighted by atomic mass is 19.3. The molecule has 0 radical (unpaired) electrons. The van der Waals surface area contributed by atoms with Gasteiger partial charge in [0.15, 0.2) is 0 Å². The number of alkyl halides is 2. The van der Waals surface area contributed by atoms with Crippen molar-refractivity contribution in [1.29, 1.82) is 0 Å². The molecule has 0 amide bonds. The molecule has 0 atom stereocenters. The Kier molecular flexibility index (Phi) is 4.53. The monoisotopic (exact) mass is 199 g/mol. The molecular formula is C11H15F2N. The average Bonchev–Trinajstić information content (AvgIpc) is 2.15. The Hall–Kier alpha value is -0.960. The van der Waals surface area contributed by atoms with Crippen LogP contribution in [0.5, 0.6) is 0 Å². The molecule has 0 bridgehead atoms. The summed E-state index contributed by atoms with van der Waals surface area (Å²) in [6.07, 6.45) is -1.45. The average molecular weight is 199 g/mol. The van der Waals surface area contributed by atoms with Crippen molar-refractivity contribution in [3.63, 3.8) is 0 Å². The van der Waals surface area contributed by atoms with E-state index in [1.54, 1.807) is 0 Å². The van der Waals surface area contributed by atoms with Crippen LogP contribution in [0.15, 0.2) is 24.3 Å². The lowest BCUT2D eigenvalue weighted by Gasteiger charge is -2.06. The fourth-order valence-corrected chi connectivity index (χ4v) is 1.32. The van der Waals surface area contributed by atoms with Crippen LogP contribution in [0, 0.1) is 6.92 Å². The normalized spacial score (nSPS) is 10.9. The van der Waals surface area contributed by atoms with Crippen LogP contribution in [0.1, 0.15) is 11.1 Å². The van der Waals surface area contributed by atoms with Gasteiger partial charge in [-0.3, -0.25) is 0 Å². The highest BCUT2D eigenvalue weighted by molar-refractivity contribution is 5.25. The number of hydrogen-bond donors (Lipinski definition) is 1. The van der Waals surface area contributed by atoms with E-state index in [4.69, 9.17) is 0 Å². The molecule has 78 valence electrons. The summed E-state index contributed by atoms with van der Waals surface area (Å²) in [6.45, 7) is 2.42. The molecule has 0 fully saturated rings. The number of hydrogen-bond acceptors (Lipinski definition) is 1. The molecule has 1 nitrogen and oxygen atoms in total. The van der Waals surface area contributed by atoms with Gasteiger partial charge in [-0.2, -0.15) is 0 Å². The Labute approximate surface area is 83.1 Å². The topological polar surface area (TPSA) is 12.0 Å². The van der Waals surface area contributed by atoms with Crippen LogP contribution >= 0.6 is 0 Å². The first-order valence-corrected chi connectivity index (χ1v) is 4.73. The van der Waals surface area contributed by atoms with Crippen molar-refractivity contribution in [1.82, 2.24) is 5.32 Å². The van der Waals surface area contributed by atoms with Crippen LogP contribution in [0.3, 0.4) is 0 Å². The summed E-state index contributed by atoms with van der Waals surface area (Å²) >= 11 is 0. The summed E-state index contributed by atoms with van der Waals surface area (Å²) in [5, 5.41) is 2.71. The highest BCUT2D eigenvalue weighted by Crippen LogP contribution is 2.06. The van der Waals surface area contributed by atoms with Crippen LogP contribution in [0.4, 0.5) is 8.78 Å². The van der Waals surface area contributed by atoms with Crippen molar-refractivity contribution in [2.45, 2.75) is 19.8 Å². The standard InChI is InChI=1S/C11H15F2N/c1-9-4-2-3-5-10(9)6-7-14-8-11(12)13/h2-5,11,14H,6-8H2,1H3. The molecule has 14 heavy (non-hydrogen) atoms. The molecular weight excluding hydrogens is 184 g/mol. The zero-order chi connectivity index (χ0) is 10.4. The fourth-order valence-electron chi connectivity index (χ4n) is 1.32. The Balaban J connectivity index is 2.28. The van der Waals surface area contributed by atoms with Crippen molar-refractivity contribution < 1.29 is 8.78 Å². The lowest BCUT2D eigenvalue weighted by molar-refractivity contribution is 0.146.